The molecule has 1 fully saturated rings. The van der Waals surface area contributed by atoms with Crippen molar-refractivity contribution in [2.75, 3.05) is 51.0 Å². The summed E-state index contributed by atoms with van der Waals surface area (Å²) in [6.07, 6.45) is 4.44. The van der Waals surface area contributed by atoms with Gasteiger partial charge in [-0.25, -0.2) is 13.4 Å². The average molecular weight is 436 g/mol. The van der Waals surface area contributed by atoms with Crippen LogP contribution < -0.4 is 20.9 Å². The normalized spacial score (nSPS) is 15.4. The maximum Gasteiger partial charge on any atom is 0.293 e. The number of anilines is 1. The minimum atomic E-state index is -3.24. The van der Waals surface area contributed by atoms with E-state index < -0.39 is 10.0 Å². The first-order valence-electron chi connectivity index (χ1n) is 9.95. The van der Waals surface area contributed by atoms with E-state index in [2.05, 4.69) is 4.98 Å². The quantitative estimate of drug-likeness (QED) is 0.634. The van der Waals surface area contributed by atoms with Gasteiger partial charge in [0.25, 0.3) is 5.56 Å². The summed E-state index contributed by atoms with van der Waals surface area (Å²) >= 11 is 0. The number of hydrogen-bond acceptors (Lipinski definition) is 7. The topological polar surface area (TPSA) is 111 Å². The molecule has 10 heteroatoms. The summed E-state index contributed by atoms with van der Waals surface area (Å²) in [5.74, 6) is 1.13. The van der Waals surface area contributed by atoms with Crippen LogP contribution in [0, 0.1) is 0 Å². The van der Waals surface area contributed by atoms with Crippen molar-refractivity contribution in [1.29, 1.82) is 0 Å². The van der Waals surface area contributed by atoms with Crippen LogP contribution >= 0.6 is 0 Å². The minimum absolute atomic E-state index is 0.185. The lowest BCUT2D eigenvalue weighted by molar-refractivity contribution is 0.386. The number of methoxy groups -OCH3 is 1. The van der Waals surface area contributed by atoms with Gasteiger partial charge in [0.05, 0.1) is 25.6 Å². The molecule has 3 rings (SSSR count). The van der Waals surface area contributed by atoms with Gasteiger partial charge in [-0.3, -0.25) is 4.79 Å². The Labute approximate surface area is 177 Å². The number of aryl methyl sites for hydroxylation is 1. The SMILES string of the molecule is COc1ccc(Cn2cc(CCCN)nc(N3CCN(S(C)(=O)=O)CC3)c2=O)cc1. The third-order valence-corrected chi connectivity index (χ3v) is 6.47. The number of piperazine rings is 1. The summed E-state index contributed by atoms with van der Waals surface area (Å²) in [6.45, 7) is 2.49. The summed E-state index contributed by atoms with van der Waals surface area (Å²) in [7, 11) is -1.62. The van der Waals surface area contributed by atoms with Crippen LogP contribution in [0.4, 0.5) is 5.82 Å². The molecule has 0 bridgehead atoms. The van der Waals surface area contributed by atoms with Crippen LogP contribution in [0.1, 0.15) is 17.7 Å². The predicted molar refractivity (Wildman–Crippen MR) is 117 cm³/mol. The Hall–Kier alpha value is -2.43. The van der Waals surface area contributed by atoms with Crippen LogP contribution in [-0.4, -0.2) is 68.4 Å². The molecule has 2 aromatic rings. The molecule has 0 aliphatic carbocycles. The number of rotatable bonds is 8. The highest BCUT2D eigenvalue weighted by Gasteiger charge is 2.26. The lowest BCUT2D eigenvalue weighted by Crippen LogP contribution is -2.50. The lowest BCUT2D eigenvalue weighted by Gasteiger charge is -2.33. The summed E-state index contributed by atoms with van der Waals surface area (Å²) in [5, 5.41) is 0. The maximum atomic E-state index is 13.2. The summed E-state index contributed by atoms with van der Waals surface area (Å²) in [5.41, 5.74) is 7.24. The largest absolute Gasteiger partial charge is 0.497 e. The molecule has 164 valence electrons. The zero-order valence-electron chi connectivity index (χ0n) is 17.5. The number of benzene rings is 1. The number of hydrogen-bond donors (Lipinski definition) is 1. The molecule has 9 nitrogen and oxygen atoms in total. The van der Waals surface area contributed by atoms with Crippen molar-refractivity contribution >= 4 is 15.8 Å². The van der Waals surface area contributed by atoms with Gasteiger partial charge in [0.1, 0.15) is 5.75 Å². The maximum absolute atomic E-state index is 13.2. The van der Waals surface area contributed by atoms with Gasteiger partial charge in [-0.2, -0.15) is 4.31 Å². The Kier molecular flexibility index (Phi) is 7.11. The molecule has 30 heavy (non-hydrogen) atoms. The van der Waals surface area contributed by atoms with Crippen molar-refractivity contribution in [2.45, 2.75) is 19.4 Å². The van der Waals surface area contributed by atoms with Crippen molar-refractivity contribution in [3.05, 3.63) is 52.1 Å². The smallest absolute Gasteiger partial charge is 0.293 e. The van der Waals surface area contributed by atoms with Gasteiger partial charge in [-0.1, -0.05) is 12.1 Å². The van der Waals surface area contributed by atoms with Crippen LogP contribution in [0.3, 0.4) is 0 Å². The van der Waals surface area contributed by atoms with Crippen molar-refractivity contribution < 1.29 is 13.2 Å². The summed E-state index contributed by atoms with van der Waals surface area (Å²) in [4.78, 5) is 19.7. The fourth-order valence-electron chi connectivity index (χ4n) is 3.47. The van der Waals surface area contributed by atoms with E-state index in [1.165, 1.54) is 10.6 Å². The minimum Gasteiger partial charge on any atom is -0.497 e. The van der Waals surface area contributed by atoms with Gasteiger partial charge in [-0.05, 0) is 37.1 Å². The molecular formula is C20H29N5O4S. The van der Waals surface area contributed by atoms with E-state index >= 15 is 0 Å². The number of ether oxygens (including phenoxy) is 1. The molecule has 1 aliphatic heterocycles. The second-order valence-corrected chi connectivity index (χ2v) is 9.36. The molecule has 0 amide bonds. The van der Waals surface area contributed by atoms with E-state index in [0.29, 0.717) is 51.5 Å². The van der Waals surface area contributed by atoms with E-state index in [-0.39, 0.29) is 5.56 Å². The molecular weight excluding hydrogens is 406 g/mol. The number of nitrogens with two attached hydrogens (primary N) is 1. The van der Waals surface area contributed by atoms with Crippen molar-refractivity contribution in [3.63, 3.8) is 0 Å². The molecule has 2 heterocycles. The third kappa shape index (κ3) is 5.38. The van der Waals surface area contributed by atoms with Crippen molar-refractivity contribution in [3.8, 4) is 5.75 Å². The molecule has 1 aromatic carbocycles. The Morgan fingerprint density at radius 1 is 1.13 bits per heavy atom. The second-order valence-electron chi connectivity index (χ2n) is 7.38. The monoisotopic (exact) mass is 435 g/mol. The summed E-state index contributed by atoms with van der Waals surface area (Å²) in [6, 6.07) is 7.58. The van der Waals surface area contributed by atoms with Gasteiger partial charge < -0.3 is 19.9 Å². The number of nitrogens with zero attached hydrogens (tertiary/aromatic N) is 4. The molecule has 0 unspecified atom stereocenters. The van der Waals surface area contributed by atoms with Crippen LogP contribution in [-0.2, 0) is 23.0 Å². The molecule has 1 aliphatic rings. The van der Waals surface area contributed by atoms with Crippen LogP contribution in [0.2, 0.25) is 0 Å². The van der Waals surface area contributed by atoms with Crippen LogP contribution in [0.25, 0.3) is 0 Å². The van der Waals surface area contributed by atoms with Crippen molar-refractivity contribution in [1.82, 2.24) is 13.9 Å². The highest BCUT2D eigenvalue weighted by atomic mass is 32.2. The molecule has 0 atom stereocenters. The summed E-state index contributed by atoms with van der Waals surface area (Å²) < 4.78 is 31.8. The zero-order chi connectivity index (χ0) is 21.7. The molecule has 0 spiro atoms. The van der Waals surface area contributed by atoms with Crippen LogP contribution in [0.15, 0.2) is 35.3 Å². The molecule has 2 N–H and O–H groups in total. The Morgan fingerprint density at radius 3 is 2.37 bits per heavy atom. The van der Waals surface area contributed by atoms with E-state index in [1.807, 2.05) is 29.2 Å². The second kappa shape index (κ2) is 9.59. The first-order valence-corrected chi connectivity index (χ1v) is 11.8. The Balaban J connectivity index is 1.88. The van der Waals surface area contributed by atoms with Crippen molar-refractivity contribution in [2.24, 2.45) is 5.73 Å². The first kappa shape index (κ1) is 22.3. The predicted octanol–water partition coefficient (Wildman–Crippen LogP) is 0.273. The highest BCUT2D eigenvalue weighted by Crippen LogP contribution is 2.15. The van der Waals surface area contributed by atoms with E-state index in [1.54, 1.807) is 17.9 Å². The standard InChI is InChI=1S/C20H29N5O4S/c1-29-18-7-5-16(6-8-18)14-24-15-17(4-3-9-21)22-19(20(24)26)23-10-12-25(13-11-23)30(2,27)28/h5-8,15H,3-4,9-14,21H2,1-2H3. The average Bonchev–Trinajstić information content (AvgIpc) is 2.74. The number of aromatic nitrogens is 2. The highest BCUT2D eigenvalue weighted by molar-refractivity contribution is 7.88. The Morgan fingerprint density at radius 2 is 1.80 bits per heavy atom. The van der Waals surface area contributed by atoms with Gasteiger partial charge in [0, 0.05) is 32.4 Å². The fraction of sp³-hybridized carbons (Fsp3) is 0.500. The van der Waals surface area contributed by atoms with Gasteiger partial charge in [0.2, 0.25) is 10.0 Å². The number of sulfonamides is 1. The van der Waals surface area contributed by atoms with E-state index in [9.17, 15) is 13.2 Å². The fourth-order valence-corrected chi connectivity index (χ4v) is 4.29. The molecule has 1 aromatic heterocycles. The molecule has 0 radical (unpaired) electrons. The molecule has 1 saturated heterocycles. The van der Waals surface area contributed by atoms with Gasteiger partial charge in [0.15, 0.2) is 5.82 Å². The van der Waals surface area contributed by atoms with Gasteiger partial charge >= 0.3 is 0 Å². The first-order chi connectivity index (χ1) is 14.3. The Bertz CT molecular complexity index is 1010. The third-order valence-electron chi connectivity index (χ3n) is 5.16. The van der Waals surface area contributed by atoms with Gasteiger partial charge in [-0.15, -0.1) is 0 Å². The lowest BCUT2D eigenvalue weighted by atomic mass is 10.2. The van der Waals surface area contributed by atoms with E-state index in [0.717, 1.165) is 23.4 Å². The van der Waals surface area contributed by atoms with E-state index in [4.69, 9.17) is 10.5 Å². The van der Waals surface area contributed by atoms with Crippen LogP contribution in [0.5, 0.6) is 5.75 Å². The zero-order valence-corrected chi connectivity index (χ0v) is 18.3. The molecule has 0 saturated carbocycles.